The monoisotopic (exact) mass is 623 g/mol. The highest BCUT2D eigenvalue weighted by Gasteiger charge is 2.27. The molecule has 10 nitrogen and oxygen atoms in total. The molecule has 0 spiro atoms. The molecule has 0 rings (SSSR count). The average Bonchev–Trinajstić information content (AvgIpc) is 2.96. The summed E-state index contributed by atoms with van der Waals surface area (Å²) in [5.74, 6) is -1.78. The predicted molar refractivity (Wildman–Crippen MR) is 166 cm³/mol. The Kier molecular flexibility index (Phi) is 28.0. The molecule has 250 valence electrons. The van der Waals surface area contributed by atoms with E-state index in [1.807, 2.05) is 0 Å². The smallest absolute Gasteiger partial charge is 0.472 e. The Hall–Kier alpha value is -1.03. The summed E-state index contributed by atoms with van der Waals surface area (Å²) in [5, 5.41) is 8.81. The lowest BCUT2D eigenvalue weighted by molar-refractivity contribution is -0.154. The topological polar surface area (TPSA) is 155 Å². The number of phosphoric acid groups is 1. The van der Waals surface area contributed by atoms with Crippen molar-refractivity contribution in [3.8, 4) is 0 Å². The Bertz CT molecular complexity index is 695. The van der Waals surface area contributed by atoms with Crippen LogP contribution in [0, 0.1) is 0 Å². The number of carbonyl (C=O) groups is 2. The van der Waals surface area contributed by atoms with Crippen LogP contribution >= 0.6 is 7.82 Å². The second-order valence-electron chi connectivity index (χ2n) is 11.3. The molecule has 0 aromatic rings. The Morgan fingerprint density at radius 1 is 0.667 bits per heavy atom. The van der Waals surface area contributed by atoms with E-state index in [2.05, 4.69) is 18.4 Å². The molecule has 0 saturated heterocycles. The van der Waals surface area contributed by atoms with Gasteiger partial charge < -0.3 is 25.2 Å². The van der Waals surface area contributed by atoms with Gasteiger partial charge in [0.05, 0.1) is 19.8 Å². The Morgan fingerprint density at radius 3 is 1.57 bits per heavy atom. The van der Waals surface area contributed by atoms with E-state index >= 15 is 0 Å². The Balaban J connectivity index is 4.32. The lowest BCUT2D eigenvalue weighted by Crippen LogP contribution is -2.34. The minimum absolute atomic E-state index is 0.0237. The molecule has 4 N–H and O–H groups in total. The van der Waals surface area contributed by atoms with E-state index in [0.29, 0.717) is 13.0 Å². The zero-order valence-corrected chi connectivity index (χ0v) is 27.5. The minimum Gasteiger partial charge on any atom is -0.480 e. The molecule has 0 radical (unpaired) electrons. The van der Waals surface area contributed by atoms with Gasteiger partial charge in [0.15, 0.2) is 0 Å². The van der Waals surface area contributed by atoms with Gasteiger partial charge in [-0.2, -0.15) is 0 Å². The molecule has 0 aromatic carbocycles. The third-order valence-electron chi connectivity index (χ3n) is 7.14. The van der Waals surface area contributed by atoms with Gasteiger partial charge in [0, 0.05) is 13.0 Å². The van der Waals surface area contributed by atoms with Gasteiger partial charge in [-0.05, 0) is 12.8 Å². The van der Waals surface area contributed by atoms with Gasteiger partial charge >= 0.3 is 19.8 Å². The molecular formula is C31H62NO9P. The summed E-state index contributed by atoms with van der Waals surface area (Å²) in [4.78, 5) is 33.1. The van der Waals surface area contributed by atoms with E-state index in [1.165, 1.54) is 83.5 Å². The number of hydrogen-bond acceptors (Lipinski definition) is 8. The molecule has 3 unspecified atom stereocenters. The summed E-state index contributed by atoms with van der Waals surface area (Å²) in [5.41, 5.74) is 5.31. The normalized spacial score (nSPS) is 14.4. The number of ether oxygens (including phenoxy) is 2. The number of hydrogen-bond donors (Lipinski definition) is 3. The van der Waals surface area contributed by atoms with Gasteiger partial charge in [-0.3, -0.25) is 18.6 Å². The maximum atomic E-state index is 12.4. The maximum Gasteiger partial charge on any atom is 0.472 e. The highest BCUT2D eigenvalue weighted by molar-refractivity contribution is 7.47. The first-order valence-electron chi connectivity index (χ1n) is 16.6. The molecule has 0 aliphatic heterocycles. The molecule has 11 heteroatoms. The lowest BCUT2D eigenvalue weighted by Gasteiger charge is -2.20. The first-order valence-corrected chi connectivity index (χ1v) is 18.1. The maximum absolute atomic E-state index is 12.4. The van der Waals surface area contributed by atoms with Crippen LogP contribution < -0.4 is 5.73 Å². The van der Waals surface area contributed by atoms with Crippen LogP contribution in [0.25, 0.3) is 0 Å². The molecule has 0 heterocycles. The summed E-state index contributed by atoms with van der Waals surface area (Å²) < 4.78 is 33.0. The third kappa shape index (κ3) is 27.8. The summed E-state index contributed by atoms with van der Waals surface area (Å²) in [6, 6.07) is -1.46. The fraction of sp³-hybridized carbons (Fsp3) is 0.935. The fourth-order valence-corrected chi connectivity index (χ4v) is 5.26. The fourth-order valence-electron chi connectivity index (χ4n) is 4.48. The standard InChI is InChI=1S/C31H62NO9P/c1-3-5-7-9-11-13-14-15-16-18-20-22-24-38-25-28(26-39-42(36,37)40-27-29(32)31(34)35)41-30(33)23-21-19-17-12-10-8-6-4-2/h28-29H,3-27,32H2,1-2H3,(H,34,35)(H,36,37). The average molecular weight is 624 g/mol. The van der Waals surface area contributed by atoms with E-state index in [-0.39, 0.29) is 13.0 Å². The van der Waals surface area contributed by atoms with Crippen molar-refractivity contribution in [1.82, 2.24) is 0 Å². The number of carboxylic acid groups (broad SMARTS) is 1. The summed E-state index contributed by atoms with van der Waals surface area (Å²) >= 11 is 0. The van der Waals surface area contributed by atoms with Crippen LogP contribution in [0.4, 0.5) is 0 Å². The van der Waals surface area contributed by atoms with Crippen molar-refractivity contribution in [3.05, 3.63) is 0 Å². The number of carbonyl (C=O) groups excluding carboxylic acids is 1. The number of rotatable bonds is 32. The van der Waals surface area contributed by atoms with Crippen molar-refractivity contribution in [3.63, 3.8) is 0 Å². The van der Waals surface area contributed by atoms with Gasteiger partial charge in [0.1, 0.15) is 12.1 Å². The van der Waals surface area contributed by atoms with Gasteiger partial charge in [-0.1, -0.05) is 129 Å². The van der Waals surface area contributed by atoms with Crippen LogP contribution in [0.1, 0.15) is 149 Å². The molecular weight excluding hydrogens is 561 g/mol. The van der Waals surface area contributed by atoms with Gasteiger partial charge in [-0.15, -0.1) is 0 Å². The SMILES string of the molecule is CCCCCCCCCCCCCCOCC(COP(=O)(O)OCC(N)C(=O)O)OC(=O)CCCCCCCCCC. The molecule has 0 aliphatic carbocycles. The second-order valence-corrected chi connectivity index (χ2v) is 12.8. The Labute approximate surface area is 255 Å². The number of aliphatic carboxylic acids is 1. The molecule has 0 aromatic heterocycles. The molecule has 0 bridgehead atoms. The number of unbranched alkanes of at least 4 members (excludes halogenated alkanes) is 18. The van der Waals surface area contributed by atoms with Crippen molar-refractivity contribution in [2.45, 2.75) is 161 Å². The summed E-state index contributed by atoms with van der Waals surface area (Å²) in [6.07, 6.45) is 23.1. The van der Waals surface area contributed by atoms with Crippen LogP contribution in [0.5, 0.6) is 0 Å². The van der Waals surface area contributed by atoms with Crippen molar-refractivity contribution in [2.75, 3.05) is 26.4 Å². The first kappa shape index (κ1) is 41.0. The van der Waals surface area contributed by atoms with Crippen molar-refractivity contribution in [1.29, 1.82) is 0 Å². The van der Waals surface area contributed by atoms with Gasteiger partial charge in [0.25, 0.3) is 0 Å². The molecule has 0 aliphatic rings. The van der Waals surface area contributed by atoms with E-state index in [1.54, 1.807) is 0 Å². The highest BCUT2D eigenvalue weighted by Crippen LogP contribution is 2.43. The number of phosphoric ester groups is 1. The van der Waals surface area contributed by atoms with Crippen molar-refractivity contribution in [2.24, 2.45) is 5.73 Å². The quantitative estimate of drug-likeness (QED) is 0.0386. The third-order valence-corrected chi connectivity index (χ3v) is 8.09. The van der Waals surface area contributed by atoms with Crippen LogP contribution in [-0.2, 0) is 32.7 Å². The summed E-state index contributed by atoms with van der Waals surface area (Å²) in [6.45, 7) is 3.83. The van der Waals surface area contributed by atoms with Crippen LogP contribution in [0.2, 0.25) is 0 Å². The van der Waals surface area contributed by atoms with Gasteiger partial charge in [-0.25, -0.2) is 4.57 Å². The van der Waals surface area contributed by atoms with E-state index in [4.69, 9.17) is 24.8 Å². The first-order chi connectivity index (χ1) is 20.2. The van der Waals surface area contributed by atoms with Crippen LogP contribution in [0.15, 0.2) is 0 Å². The number of carboxylic acids is 1. The number of nitrogens with two attached hydrogens (primary N) is 1. The number of esters is 1. The van der Waals surface area contributed by atoms with E-state index in [0.717, 1.165) is 38.5 Å². The summed E-state index contributed by atoms with van der Waals surface area (Å²) in [7, 11) is -4.59. The highest BCUT2D eigenvalue weighted by atomic mass is 31.2. The zero-order valence-electron chi connectivity index (χ0n) is 26.6. The molecule has 3 atom stereocenters. The second kappa shape index (κ2) is 28.7. The molecule has 42 heavy (non-hydrogen) atoms. The van der Waals surface area contributed by atoms with Crippen molar-refractivity contribution >= 4 is 19.8 Å². The molecule has 0 amide bonds. The van der Waals surface area contributed by atoms with E-state index in [9.17, 15) is 19.0 Å². The molecule has 0 fully saturated rings. The predicted octanol–water partition coefficient (Wildman–Crippen LogP) is 7.69. The van der Waals surface area contributed by atoms with E-state index < -0.39 is 45.1 Å². The largest absolute Gasteiger partial charge is 0.480 e. The van der Waals surface area contributed by atoms with Crippen LogP contribution in [-0.4, -0.2) is 60.5 Å². The lowest BCUT2D eigenvalue weighted by atomic mass is 10.1. The molecule has 0 saturated carbocycles. The Morgan fingerprint density at radius 2 is 1.10 bits per heavy atom. The van der Waals surface area contributed by atoms with Gasteiger partial charge in [0.2, 0.25) is 0 Å². The van der Waals surface area contributed by atoms with Crippen LogP contribution in [0.3, 0.4) is 0 Å². The zero-order chi connectivity index (χ0) is 31.3. The minimum atomic E-state index is -4.59. The van der Waals surface area contributed by atoms with Crippen molar-refractivity contribution < 1.29 is 42.7 Å².